The number of hydrogen-bond acceptors (Lipinski definition) is 4. The van der Waals surface area contributed by atoms with Gasteiger partial charge < -0.3 is 14.8 Å². The Morgan fingerprint density at radius 2 is 1.66 bits per heavy atom. The molecule has 8 heteroatoms. The van der Waals surface area contributed by atoms with Gasteiger partial charge in [-0.25, -0.2) is 0 Å². The highest BCUT2D eigenvalue weighted by atomic mass is 19.4. The molecule has 2 aromatic rings. The highest BCUT2D eigenvalue weighted by molar-refractivity contribution is 6.02. The van der Waals surface area contributed by atoms with Crippen LogP contribution in [0.25, 0.3) is 0 Å². The maximum atomic E-state index is 13.2. The number of alkyl halides is 3. The molecule has 0 fully saturated rings. The summed E-state index contributed by atoms with van der Waals surface area (Å²) in [4.78, 5) is 25.6. The summed E-state index contributed by atoms with van der Waals surface area (Å²) < 4.78 is 49.5. The van der Waals surface area contributed by atoms with Crippen LogP contribution in [0.3, 0.4) is 0 Å². The van der Waals surface area contributed by atoms with E-state index in [0.29, 0.717) is 34.8 Å². The number of Topliss-reactive ketones (excluding diaryl/α,β-unsaturated/α-hetero) is 1. The van der Waals surface area contributed by atoms with Gasteiger partial charge in [-0.05, 0) is 42.3 Å². The summed E-state index contributed by atoms with van der Waals surface area (Å²) in [5.74, 6) is 0.0581. The van der Waals surface area contributed by atoms with Gasteiger partial charge in [0.25, 0.3) is 0 Å². The normalized spacial score (nSPS) is 21.2. The Balaban J connectivity index is 1.70. The van der Waals surface area contributed by atoms with Gasteiger partial charge in [0.2, 0.25) is 5.91 Å². The van der Waals surface area contributed by atoms with Gasteiger partial charge in [-0.2, -0.15) is 13.2 Å². The fourth-order valence-electron chi connectivity index (χ4n) is 4.53. The number of ketones is 1. The van der Waals surface area contributed by atoms with Crippen molar-refractivity contribution in [1.29, 1.82) is 0 Å². The van der Waals surface area contributed by atoms with Crippen LogP contribution < -0.4 is 14.8 Å². The summed E-state index contributed by atoms with van der Waals surface area (Å²) in [6.07, 6.45) is -3.82. The third-order valence-corrected chi connectivity index (χ3v) is 6.05. The number of carbonyl (C=O) groups excluding carboxylic acids is 2. The highest BCUT2D eigenvalue weighted by Crippen LogP contribution is 2.45. The largest absolute Gasteiger partial charge is 0.497 e. The summed E-state index contributed by atoms with van der Waals surface area (Å²) in [5.41, 5.74) is 1.55. The van der Waals surface area contributed by atoms with E-state index in [2.05, 4.69) is 5.32 Å². The van der Waals surface area contributed by atoms with Crippen LogP contribution in [0.2, 0.25) is 0 Å². The second-order valence-electron chi connectivity index (χ2n) is 7.95. The van der Waals surface area contributed by atoms with E-state index in [9.17, 15) is 22.8 Å². The van der Waals surface area contributed by atoms with E-state index in [0.717, 1.165) is 17.7 Å². The number of benzene rings is 2. The van der Waals surface area contributed by atoms with Crippen LogP contribution in [0.4, 0.5) is 13.2 Å². The quantitative estimate of drug-likeness (QED) is 0.739. The third-order valence-electron chi connectivity index (χ3n) is 6.05. The average Bonchev–Trinajstić information content (AvgIpc) is 2.77. The molecule has 5 nitrogen and oxygen atoms in total. The summed E-state index contributed by atoms with van der Waals surface area (Å²) >= 11 is 0. The lowest BCUT2D eigenvalue weighted by atomic mass is 9.73. The zero-order chi connectivity index (χ0) is 23.0. The van der Waals surface area contributed by atoms with Crippen molar-refractivity contribution in [2.45, 2.75) is 37.3 Å². The molecule has 4 rings (SSSR count). The molecule has 1 amide bonds. The van der Waals surface area contributed by atoms with Crippen molar-refractivity contribution in [3.63, 3.8) is 0 Å². The SMILES string of the molecule is COc1ccc(OC)c([C@H]2CC(=O)C3=C(C2)NC(=O)C[C@@H]3c2ccc(C(F)(F)F)cc2)c1. The molecule has 0 saturated heterocycles. The number of nitrogens with one attached hydrogen (secondary N) is 1. The van der Waals surface area contributed by atoms with Gasteiger partial charge >= 0.3 is 6.18 Å². The molecular weight excluding hydrogens is 423 g/mol. The van der Waals surface area contributed by atoms with Crippen LogP contribution in [0.5, 0.6) is 11.5 Å². The number of ether oxygens (including phenoxy) is 2. The van der Waals surface area contributed by atoms with Crippen molar-refractivity contribution in [2.75, 3.05) is 14.2 Å². The molecule has 2 aromatic carbocycles. The molecule has 1 heterocycles. The molecule has 0 saturated carbocycles. The molecule has 1 N–H and O–H groups in total. The van der Waals surface area contributed by atoms with Gasteiger partial charge in [0.1, 0.15) is 11.5 Å². The molecule has 0 radical (unpaired) electrons. The smallest absolute Gasteiger partial charge is 0.416 e. The van der Waals surface area contributed by atoms with E-state index in [1.54, 1.807) is 26.4 Å². The van der Waals surface area contributed by atoms with Gasteiger partial charge in [-0.3, -0.25) is 9.59 Å². The Kier molecular flexibility index (Phi) is 5.71. The van der Waals surface area contributed by atoms with Crippen LogP contribution in [-0.4, -0.2) is 25.9 Å². The van der Waals surface area contributed by atoms with Gasteiger partial charge in [0.05, 0.1) is 19.8 Å². The van der Waals surface area contributed by atoms with Crippen LogP contribution in [0.15, 0.2) is 53.7 Å². The van der Waals surface area contributed by atoms with Gasteiger partial charge in [0.15, 0.2) is 5.78 Å². The van der Waals surface area contributed by atoms with E-state index in [1.165, 1.54) is 12.1 Å². The number of methoxy groups -OCH3 is 2. The second-order valence-corrected chi connectivity index (χ2v) is 7.95. The Bertz CT molecular complexity index is 1090. The van der Waals surface area contributed by atoms with Gasteiger partial charge in [-0.15, -0.1) is 0 Å². The monoisotopic (exact) mass is 445 g/mol. The molecular formula is C24H22F3NO4. The van der Waals surface area contributed by atoms with Crippen LogP contribution in [-0.2, 0) is 15.8 Å². The lowest BCUT2D eigenvalue weighted by Crippen LogP contribution is -2.38. The van der Waals surface area contributed by atoms with E-state index in [1.807, 2.05) is 6.07 Å². The number of allylic oxidation sites excluding steroid dienone is 2. The van der Waals surface area contributed by atoms with Crippen LogP contribution >= 0.6 is 0 Å². The Labute approximate surface area is 183 Å². The molecule has 2 atom stereocenters. The van der Waals surface area contributed by atoms with Gasteiger partial charge in [-0.1, -0.05) is 12.1 Å². The molecule has 168 valence electrons. The minimum absolute atomic E-state index is 0.0169. The van der Waals surface area contributed by atoms with E-state index < -0.39 is 17.7 Å². The van der Waals surface area contributed by atoms with E-state index >= 15 is 0 Å². The molecule has 0 bridgehead atoms. The lowest BCUT2D eigenvalue weighted by molar-refractivity contribution is -0.137. The first-order valence-electron chi connectivity index (χ1n) is 10.2. The van der Waals surface area contributed by atoms with Gasteiger partial charge in [0, 0.05) is 41.5 Å². The highest BCUT2D eigenvalue weighted by Gasteiger charge is 2.39. The van der Waals surface area contributed by atoms with Crippen molar-refractivity contribution in [2.24, 2.45) is 0 Å². The number of carbonyl (C=O) groups is 2. The zero-order valence-electron chi connectivity index (χ0n) is 17.6. The van der Waals surface area contributed by atoms with Crippen molar-refractivity contribution in [3.05, 3.63) is 70.4 Å². The maximum absolute atomic E-state index is 13.2. The number of hydrogen-bond donors (Lipinski definition) is 1. The number of halogens is 3. The van der Waals surface area contributed by atoms with Crippen LogP contribution in [0, 0.1) is 0 Å². The predicted octanol–water partition coefficient (Wildman–Crippen LogP) is 4.73. The molecule has 2 aliphatic rings. The molecule has 1 aliphatic heterocycles. The first kappa shape index (κ1) is 21.9. The summed E-state index contributed by atoms with van der Waals surface area (Å²) in [6.45, 7) is 0. The lowest BCUT2D eigenvalue weighted by Gasteiger charge is -2.35. The molecule has 0 spiro atoms. The van der Waals surface area contributed by atoms with Crippen molar-refractivity contribution in [3.8, 4) is 11.5 Å². The minimum atomic E-state index is -4.45. The first-order chi connectivity index (χ1) is 15.2. The van der Waals surface area contributed by atoms with E-state index in [4.69, 9.17) is 9.47 Å². The van der Waals surface area contributed by atoms with Crippen molar-refractivity contribution in [1.82, 2.24) is 5.32 Å². The molecule has 1 aliphatic carbocycles. The fourth-order valence-corrected chi connectivity index (χ4v) is 4.53. The van der Waals surface area contributed by atoms with Crippen LogP contribution in [0.1, 0.15) is 47.8 Å². The first-order valence-corrected chi connectivity index (χ1v) is 10.2. The predicted molar refractivity (Wildman–Crippen MR) is 110 cm³/mol. The van der Waals surface area contributed by atoms with E-state index in [-0.39, 0.29) is 30.4 Å². The Hall–Kier alpha value is -3.29. The summed E-state index contributed by atoms with van der Waals surface area (Å²) in [7, 11) is 3.10. The molecule has 0 unspecified atom stereocenters. The zero-order valence-corrected chi connectivity index (χ0v) is 17.6. The number of amides is 1. The minimum Gasteiger partial charge on any atom is -0.497 e. The maximum Gasteiger partial charge on any atom is 0.416 e. The number of rotatable bonds is 4. The standard InChI is InChI=1S/C24H22F3NO4/c1-31-16-7-8-21(32-2)17(11-16)14-9-19-23(20(29)10-14)18(12-22(30)28-19)13-3-5-15(6-4-13)24(25,26)27/h3-8,11,14,18H,9-10,12H2,1-2H3,(H,28,30)/t14-,18-/m1/s1. The summed E-state index contributed by atoms with van der Waals surface area (Å²) in [6, 6.07) is 10.0. The topological polar surface area (TPSA) is 64.6 Å². The second kappa shape index (κ2) is 8.33. The average molecular weight is 445 g/mol. The Morgan fingerprint density at radius 1 is 0.938 bits per heavy atom. The molecule has 0 aromatic heterocycles. The van der Waals surface area contributed by atoms with Crippen molar-refractivity contribution >= 4 is 11.7 Å². The van der Waals surface area contributed by atoms with Crippen molar-refractivity contribution < 1.29 is 32.2 Å². The summed E-state index contributed by atoms with van der Waals surface area (Å²) in [5, 5.41) is 2.82. The third kappa shape index (κ3) is 4.09. The molecule has 32 heavy (non-hydrogen) atoms. The fraction of sp³-hybridized carbons (Fsp3) is 0.333. The Morgan fingerprint density at radius 3 is 2.28 bits per heavy atom.